The maximum absolute atomic E-state index is 6.43. The van der Waals surface area contributed by atoms with Crippen molar-refractivity contribution >= 4 is 159 Å². The highest BCUT2D eigenvalue weighted by atomic mass is 79.9. The zero-order valence-corrected chi connectivity index (χ0v) is 30.2. The summed E-state index contributed by atoms with van der Waals surface area (Å²) in [6.45, 7) is 0. The van der Waals surface area contributed by atoms with E-state index in [1.165, 1.54) is 0 Å². The molecule has 0 unspecified atom stereocenters. The first-order valence-corrected chi connectivity index (χ1v) is 16.5. The molecule has 160 valence electrons. The Morgan fingerprint density at radius 3 is 1.24 bits per heavy atom. The van der Waals surface area contributed by atoms with Gasteiger partial charge in [-0.15, -0.1) is 0 Å². The van der Waals surface area contributed by atoms with Crippen LogP contribution in [0.4, 0.5) is 0 Å². The molecular formula is C18H12Br10O. The molecule has 0 bridgehead atoms. The Morgan fingerprint density at radius 1 is 0.586 bits per heavy atom. The third kappa shape index (κ3) is 8.05. The highest BCUT2D eigenvalue weighted by Crippen LogP contribution is 2.48. The number of ether oxygens (including phenoxy) is 1. The van der Waals surface area contributed by atoms with Crippen LogP contribution in [0.2, 0.25) is 0 Å². The first-order valence-electron chi connectivity index (χ1n) is 8.09. The van der Waals surface area contributed by atoms with Crippen molar-refractivity contribution in [1.29, 1.82) is 0 Å². The molecule has 0 atom stereocenters. The van der Waals surface area contributed by atoms with E-state index < -0.39 is 0 Å². The second-order valence-electron chi connectivity index (χ2n) is 5.89. The molecule has 0 spiro atoms. The van der Waals surface area contributed by atoms with Crippen LogP contribution in [0.5, 0.6) is 11.5 Å². The molecule has 0 amide bonds. The highest BCUT2D eigenvalue weighted by molar-refractivity contribution is 9.25. The molecule has 11 heteroatoms. The fourth-order valence-electron chi connectivity index (χ4n) is 2.48. The number of alkyl halides is 4. The van der Waals surface area contributed by atoms with Gasteiger partial charge in [0, 0.05) is 8.95 Å². The lowest BCUT2D eigenvalue weighted by molar-refractivity contribution is 0.468. The minimum absolute atomic E-state index is 0.256. The van der Waals surface area contributed by atoms with Crippen LogP contribution in [0.15, 0.2) is 39.0 Å². The van der Waals surface area contributed by atoms with Crippen molar-refractivity contribution in [2.45, 2.75) is 33.2 Å². The van der Waals surface area contributed by atoms with Gasteiger partial charge in [-0.05, 0) is 113 Å². The molecule has 0 aromatic heterocycles. The molecule has 0 N–H and O–H groups in total. The Hall–Kier alpha value is 3.04. The fraction of sp³-hybridized carbons (Fsp3) is 0.333. The quantitative estimate of drug-likeness (QED) is 0.240. The van der Waals surface area contributed by atoms with E-state index >= 15 is 0 Å². The Morgan fingerprint density at radius 2 is 0.931 bits per heavy atom. The summed E-state index contributed by atoms with van der Waals surface area (Å²) in [6.07, 6.45) is 3.62. The first-order chi connectivity index (χ1) is 13.5. The van der Waals surface area contributed by atoms with Crippen LogP contribution in [0.25, 0.3) is 0 Å². The van der Waals surface area contributed by atoms with E-state index in [9.17, 15) is 0 Å². The van der Waals surface area contributed by atoms with Crippen LogP contribution >= 0.6 is 159 Å². The second kappa shape index (κ2) is 13.2. The minimum atomic E-state index is 0.256. The average molecular weight is 1040 g/mol. The van der Waals surface area contributed by atoms with Crippen molar-refractivity contribution in [1.82, 2.24) is 0 Å². The van der Waals surface area contributed by atoms with Gasteiger partial charge < -0.3 is 4.74 Å². The number of hydrogen-bond acceptors (Lipinski definition) is 1. The van der Waals surface area contributed by atoms with E-state index in [4.69, 9.17) is 4.74 Å². The van der Waals surface area contributed by atoms with E-state index in [1.807, 2.05) is 12.1 Å². The largest absolute Gasteiger partial charge is 0.453 e. The van der Waals surface area contributed by atoms with Gasteiger partial charge in [0.05, 0.1) is 25.4 Å². The topological polar surface area (TPSA) is 9.23 Å². The molecule has 29 heavy (non-hydrogen) atoms. The molecule has 0 fully saturated rings. The van der Waals surface area contributed by atoms with Gasteiger partial charge in [-0.2, -0.15) is 0 Å². The molecule has 2 rings (SSSR count). The monoisotopic (exact) mass is 1030 g/mol. The van der Waals surface area contributed by atoms with Crippen molar-refractivity contribution in [3.63, 3.8) is 0 Å². The molecule has 2 aromatic rings. The minimum Gasteiger partial charge on any atom is -0.453 e. The summed E-state index contributed by atoms with van der Waals surface area (Å²) in [5.74, 6) is 1.47. The highest BCUT2D eigenvalue weighted by Gasteiger charge is 2.21. The fourth-order valence-corrected chi connectivity index (χ4v) is 8.75. The SMILES string of the molecule is Brc1cc(Br)c(Oc2c(Br)cc(Br)c(CCC(Br)Br)c2Br)c(Br)c1CCC(Br)Br. The summed E-state index contributed by atoms with van der Waals surface area (Å²) in [4.78, 5) is 0. The van der Waals surface area contributed by atoms with Gasteiger partial charge in [-0.25, -0.2) is 0 Å². The third-order valence-electron chi connectivity index (χ3n) is 3.88. The molecule has 0 saturated carbocycles. The molecule has 0 aliphatic rings. The lowest BCUT2D eigenvalue weighted by atomic mass is 10.1. The molecule has 0 radical (unpaired) electrons. The molecule has 0 aliphatic carbocycles. The zero-order valence-electron chi connectivity index (χ0n) is 14.3. The summed E-state index contributed by atoms with van der Waals surface area (Å²) in [6, 6.07) is 4.05. The Balaban J connectivity index is 2.48. The van der Waals surface area contributed by atoms with E-state index in [2.05, 4.69) is 159 Å². The lowest BCUT2D eigenvalue weighted by Crippen LogP contribution is -2.00. The summed E-state index contributed by atoms with van der Waals surface area (Å²) in [5, 5.41) is 0. The molecule has 1 nitrogen and oxygen atoms in total. The van der Waals surface area contributed by atoms with Gasteiger partial charge in [-0.1, -0.05) is 95.6 Å². The van der Waals surface area contributed by atoms with Crippen LogP contribution in [-0.2, 0) is 12.8 Å². The van der Waals surface area contributed by atoms with Crippen LogP contribution in [-0.4, -0.2) is 7.47 Å². The van der Waals surface area contributed by atoms with Crippen LogP contribution < -0.4 is 4.74 Å². The standard InChI is InChI=1S/C18H12Br10O/c19-9-5-11(21)17(15(27)7(9)1-3-13(23)24)29-18-12(22)6-10(20)8(16(18)28)2-4-14(25)26/h5-6,13-14H,1-4H2. The molecular weight excluding hydrogens is 1030 g/mol. The van der Waals surface area contributed by atoms with Crippen LogP contribution in [0.3, 0.4) is 0 Å². The molecule has 0 heterocycles. The smallest absolute Gasteiger partial charge is 0.156 e. The van der Waals surface area contributed by atoms with E-state index in [0.717, 1.165) is 75.1 Å². The normalized spacial score (nSPS) is 11.6. The van der Waals surface area contributed by atoms with E-state index in [-0.39, 0.29) is 7.47 Å². The number of rotatable bonds is 8. The number of hydrogen-bond donors (Lipinski definition) is 0. The average Bonchev–Trinajstić information content (AvgIpc) is 2.59. The van der Waals surface area contributed by atoms with Crippen LogP contribution in [0, 0.1) is 0 Å². The first kappa shape index (κ1) is 28.3. The van der Waals surface area contributed by atoms with Gasteiger partial charge in [0.1, 0.15) is 0 Å². The lowest BCUT2D eigenvalue weighted by Gasteiger charge is -2.19. The summed E-state index contributed by atoms with van der Waals surface area (Å²) in [5.41, 5.74) is 2.30. The Kier molecular flexibility index (Phi) is 12.9. The van der Waals surface area contributed by atoms with Crippen molar-refractivity contribution in [2.24, 2.45) is 0 Å². The van der Waals surface area contributed by atoms with Gasteiger partial charge in [0.2, 0.25) is 0 Å². The second-order valence-corrected chi connectivity index (χ2v) is 17.8. The molecule has 2 aromatic carbocycles. The maximum atomic E-state index is 6.43. The number of halogens is 10. The van der Waals surface area contributed by atoms with Gasteiger partial charge in [-0.3, -0.25) is 0 Å². The van der Waals surface area contributed by atoms with Gasteiger partial charge in [0.15, 0.2) is 11.5 Å². The Labute approximate surface area is 254 Å². The summed E-state index contributed by atoms with van der Waals surface area (Å²) >= 11 is 36.3. The maximum Gasteiger partial charge on any atom is 0.156 e. The van der Waals surface area contributed by atoms with Crippen molar-refractivity contribution in [3.8, 4) is 11.5 Å². The van der Waals surface area contributed by atoms with Crippen molar-refractivity contribution < 1.29 is 4.74 Å². The van der Waals surface area contributed by atoms with Crippen molar-refractivity contribution in [3.05, 3.63) is 50.1 Å². The predicted molar refractivity (Wildman–Crippen MR) is 159 cm³/mol. The zero-order chi connectivity index (χ0) is 21.9. The summed E-state index contributed by atoms with van der Waals surface area (Å²) in [7, 11) is 0. The molecule has 0 saturated heterocycles. The van der Waals surface area contributed by atoms with Crippen LogP contribution in [0.1, 0.15) is 24.0 Å². The number of benzene rings is 2. The molecule has 0 aliphatic heterocycles. The summed E-state index contributed by atoms with van der Waals surface area (Å²) < 4.78 is 12.6. The van der Waals surface area contributed by atoms with E-state index in [1.54, 1.807) is 0 Å². The van der Waals surface area contributed by atoms with Gasteiger partial charge >= 0.3 is 0 Å². The predicted octanol–water partition coefficient (Wildman–Crippen LogP) is 12.2. The van der Waals surface area contributed by atoms with Gasteiger partial charge in [0.25, 0.3) is 0 Å². The third-order valence-corrected chi connectivity index (χ3v) is 9.98. The van der Waals surface area contributed by atoms with E-state index in [0.29, 0.717) is 0 Å². The Bertz CT molecular complexity index is 810. The van der Waals surface area contributed by atoms with Crippen molar-refractivity contribution in [2.75, 3.05) is 0 Å².